The summed E-state index contributed by atoms with van der Waals surface area (Å²) in [6.07, 6.45) is 3.44. The van der Waals surface area contributed by atoms with E-state index < -0.39 is 0 Å². The van der Waals surface area contributed by atoms with Gasteiger partial charge >= 0.3 is 5.00 Å². The van der Waals surface area contributed by atoms with E-state index in [1.807, 2.05) is 6.92 Å². The molecule has 0 saturated carbocycles. The minimum absolute atomic E-state index is 0.168. The number of nitro groups is 1. The fraction of sp³-hybridized carbons (Fsp3) is 0.273. The maximum absolute atomic E-state index is 10.5. The van der Waals surface area contributed by atoms with Crippen LogP contribution in [0, 0.1) is 17.0 Å². The Morgan fingerprint density at radius 2 is 2.17 bits per heavy atom. The number of thiophene rings is 1. The lowest BCUT2D eigenvalue weighted by Gasteiger charge is -2.02. The highest BCUT2D eigenvalue weighted by Gasteiger charge is 2.09. The zero-order chi connectivity index (χ0) is 13.0. The molecule has 0 amide bonds. The molecule has 0 unspecified atom stereocenters. The maximum atomic E-state index is 10.5. The molecule has 0 spiro atoms. The molecule has 18 heavy (non-hydrogen) atoms. The molecule has 2 heterocycles. The lowest BCUT2D eigenvalue weighted by Crippen LogP contribution is -2.13. The fourth-order valence-corrected chi connectivity index (χ4v) is 2.17. The molecule has 1 N–H and O–H groups in total. The topological polar surface area (TPSA) is 81.0 Å². The van der Waals surface area contributed by atoms with Crippen LogP contribution < -0.4 is 5.32 Å². The second kappa shape index (κ2) is 5.65. The summed E-state index contributed by atoms with van der Waals surface area (Å²) in [6, 6.07) is 3.28. The summed E-state index contributed by atoms with van der Waals surface area (Å²) in [4.78, 5) is 19.4. The van der Waals surface area contributed by atoms with Crippen LogP contribution in [0.25, 0.3) is 0 Å². The molecule has 0 saturated heterocycles. The first-order valence-electron chi connectivity index (χ1n) is 5.36. The van der Waals surface area contributed by atoms with Crippen LogP contribution in [-0.2, 0) is 13.1 Å². The van der Waals surface area contributed by atoms with Crippen molar-refractivity contribution >= 4 is 16.3 Å². The number of rotatable bonds is 5. The van der Waals surface area contributed by atoms with Crippen LogP contribution in [0.5, 0.6) is 0 Å². The highest BCUT2D eigenvalue weighted by Crippen LogP contribution is 2.23. The lowest BCUT2D eigenvalue weighted by molar-refractivity contribution is -0.380. The Kier molecular flexibility index (Phi) is 3.96. The quantitative estimate of drug-likeness (QED) is 0.660. The Labute approximate surface area is 108 Å². The third-order valence-electron chi connectivity index (χ3n) is 2.27. The molecule has 2 aromatic heterocycles. The largest absolute Gasteiger partial charge is 0.324 e. The van der Waals surface area contributed by atoms with Crippen molar-refractivity contribution in [2.24, 2.45) is 0 Å². The van der Waals surface area contributed by atoms with E-state index in [1.165, 1.54) is 17.4 Å². The first-order valence-corrected chi connectivity index (χ1v) is 6.18. The minimum Gasteiger partial charge on any atom is -0.306 e. The Bertz CT molecular complexity index is 538. The number of aromatic nitrogens is 2. The molecular weight excluding hydrogens is 252 g/mol. The van der Waals surface area contributed by atoms with Crippen LogP contribution in [0.15, 0.2) is 24.5 Å². The standard InChI is InChI=1S/C11H12N4O2S/c1-8-4-14-9(6-13-8)5-12-7-10-2-3-11(18-10)15(16)17/h2-4,6,12H,5,7H2,1H3. The van der Waals surface area contributed by atoms with Gasteiger partial charge in [-0.25, -0.2) is 0 Å². The van der Waals surface area contributed by atoms with E-state index >= 15 is 0 Å². The summed E-state index contributed by atoms with van der Waals surface area (Å²) in [5, 5.41) is 13.9. The van der Waals surface area contributed by atoms with Crippen molar-refractivity contribution in [1.82, 2.24) is 15.3 Å². The molecule has 0 aliphatic heterocycles. The van der Waals surface area contributed by atoms with Gasteiger partial charge in [0.1, 0.15) is 0 Å². The van der Waals surface area contributed by atoms with Gasteiger partial charge in [0.25, 0.3) is 0 Å². The summed E-state index contributed by atoms with van der Waals surface area (Å²) < 4.78 is 0. The van der Waals surface area contributed by atoms with E-state index in [9.17, 15) is 10.1 Å². The minimum atomic E-state index is -0.375. The van der Waals surface area contributed by atoms with Gasteiger partial charge in [-0.05, 0) is 13.0 Å². The molecule has 0 aliphatic carbocycles. The molecule has 2 aromatic rings. The molecule has 7 heteroatoms. The predicted octanol–water partition coefficient (Wildman–Crippen LogP) is 2.04. The third kappa shape index (κ3) is 3.31. The van der Waals surface area contributed by atoms with Gasteiger partial charge in [-0.3, -0.25) is 20.1 Å². The van der Waals surface area contributed by atoms with Crippen molar-refractivity contribution in [3.63, 3.8) is 0 Å². The second-order valence-electron chi connectivity index (χ2n) is 3.75. The van der Waals surface area contributed by atoms with Crippen LogP contribution in [0.4, 0.5) is 5.00 Å². The fourth-order valence-electron chi connectivity index (χ4n) is 1.38. The van der Waals surface area contributed by atoms with Gasteiger partial charge in [-0.2, -0.15) is 0 Å². The lowest BCUT2D eigenvalue weighted by atomic mass is 10.4. The summed E-state index contributed by atoms with van der Waals surface area (Å²) in [5.41, 5.74) is 1.74. The second-order valence-corrected chi connectivity index (χ2v) is 4.90. The van der Waals surface area contributed by atoms with E-state index in [0.717, 1.165) is 16.3 Å². The average molecular weight is 264 g/mol. The van der Waals surface area contributed by atoms with Crippen molar-refractivity contribution in [3.05, 3.63) is 50.9 Å². The normalized spacial score (nSPS) is 10.5. The monoisotopic (exact) mass is 264 g/mol. The van der Waals surface area contributed by atoms with E-state index in [0.29, 0.717) is 13.1 Å². The third-order valence-corrected chi connectivity index (χ3v) is 3.30. The molecule has 6 nitrogen and oxygen atoms in total. The molecule has 0 aliphatic rings. The van der Waals surface area contributed by atoms with E-state index in [4.69, 9.17) is 0 Å². The Morgan fingerprint density at radius 1 is 1.33 bits per heavy atom. The smallest absolute Gasteiger partial charge is 0.306 e. The first-order chi connectivity index (χ1) is 8.65. The van der Waals surface area contributed by atoms with E-state index in [1.54, 1.807) is 18.5 Å². The zero-order valence-electron chi connectivity index (χ0n) is 9.79. The van der Waals surface area contributed by atoms with Gasteiger partial charge in [0.2, 0.25) is 0 Å². The van der Waals surface area contributed by atoms with Crippen molar-refractivity contribution in [3.8, 4) is 0 Å². The summed E-state index contributed by atoms with van der Waals surface area (Å²) >= 11 is 1.18. The van der Waals surface area contributed by atoms with Gasteiger partial charge in [-0.15, -0.1) is 0 Å². The Hall–Kier alpha value is -1.86. The van der Waals surface area contributed by atoms with Crippen LogP contribution >= 0.6 is 11.3 Å². The van der Waals surface area contributed by atoms with Gasteiger partial charge in [0, 0.05) is 36.4 Å². The summed E-state index contributed by atoms with van der Waals surface area (Å²) in [7, 11) is 0. The van der Waals surface area contributed by atoms with Crippen molar-refractivity contribution in [2.45, 2.75) is 20.0 Å². The summed E-state index contributed by atoms with van der Waals surface area (Å²) in [5.74, 6) is 0. The molecule has 0 fully saturated rings. The van der Waals surface area contributed by atoms with Crippen molar-refractivity contribution in [1.29, 1.82) is 0 Å². The van der Waals surface area contributed by atoms with Crippen LogP contribution in [0.1, 0.15) is 16.3 Å². The highest BCUT2D eigenvalue weighted by molar-refractivity contribution is 7.15. The van der Waals surface area contributed by atoms with E-state index in [-0.39, 0.29) is 9.92 Å². The number of nitrogens with zero attached hydrogens (tertiary/aromatic N) is 3. The average Bonchev–Trinajstić information content (AvgIpc) is 2.81. The SMILES string of the molecule is Cc1cnc(CNCc2ccc([N+](=O)[O-])s2)cn1. The molecule has 0 radical (unpaired) electrons. The number of nitrogens with one attached hydrogen (secondary N) is 1. The van der Waals surface area contributed by atoms with Crippen LogP contribution in [-0.4, -0.2) is 14.9 Å². The highest BCUT2D eigenvalue weighted by atomic mass is 32.1. The zero-order valence-corrected chi connectivity index (χ0v) is 10.6. The van der Waals surface area contributed by atoms with Crippen LogP contribution in [0.3, 0.4) is 0 Å². The molecule has 0 bridgehead atoms. The number of hydrogen-bond acceptors (Lipinski definition) is 6. The Morgan fingerprint density at radius 3 is 2.78 bits per heavy atom. The number of hydrogen-bond donors (Lipinski definition) is 1. The van der Waals surface area contributed by atoms with E-state index in [2.05, 4.69) is 15.3 Å². The number of aryl methyl sites for hydroxylation is 1. The molecule has 0 atom stereocenters. The Balaban J connectivity index is 1.84. The summed E-state index contributed by atoms with van der Waals surface area (Å²) in [6.45, 7) is 3.07. The van der Waals surface area contributed by atoms with Gasteiger partial charge in [0.05, 0.1) is 16.3 Å². The van der Waals surface area contributed by atoms with Gasteiger partial charge < -0.3 is 5.32 Å². The maximum Gasteiger partial charge on any atom is 0.324 e. The van der Waals surface area contributed by atoms with Crippen molar-refractivity contribution in [2.75, 3.05) is 0 Å². The molecular formula is C11H12N4O2S. The molecule has 2 rings (SSSR count). The predicted molar refractivity (Wildman–Crippen MR) is 68.3 cm³/mol. The van der Waals surface area contributed by atoms with Crippen molar-refractivity contribution < 1.29 is 4.92 Å². The van der Waals surface area contributed by atoms with Gasteiger partial charge in [0.15, 0.2) is 0 Å². The van der Waals surface area contributed by atoms with Crippen LogP contribution in [0.2, 0.25) is 0 Å². The molecule has 0 aromatic carbocycles. The first kappa shape index (κ1) is 12.6. The molecule has 94 valence electrons. The van der Waals surface area contributed by atoms with Gasteiger partial charge in [-0.1, -0.05) is 11.3 Å².